The summed E-state index contributed by atoms with van der Waals surface area (Å²) in [6, 6.07) is 26.0. The predicted octanol–water partition coefficient (Wildman–Crippen LogP) is 11.1. The van der Waals surface area contributed by atoms with Gasteiger partial charge < -0.3 is 20.8 Å². The summed E-state index contributed by atoms with van der Waals surface area (Å²) in [6.07, 6.45) is 2.04. The number of hydrogen-bond donors (Lipinski definition) is 4. The van der Waals surface area contributed by atoms with Crippen LogP contribution in [0.4, 0.5) is 11.4 Å². The van der Waals surface area contributed by atoms with E-state index in [1.54, 1.807) is 37.7 Å². The topological polar surface area (TPSA) is 64.5 Å². The van der Waals surface area contributed by atoms with E-state index in [1.807, 2.05) is 36.6 Å². The molecule has 0 aliphatic carbocycles. The summed E-state index contributed by atoms with van der Waals surface area (Å²) in [5.74, 6) is 0.0677. The zero-order valence-electron chi connectivity index (χ0n) is 23.2. The number of thioether (sulfide) groups is 1. The molecule has 0 amide bonds. The van der Waals surface area contributed by atoms with E-state index < -0.39 is 0 Å². The van der Waals surface area contributed by atoms with Crippen molar-refractivity contribution in [2.45, 2.75) is 31.8 Å². The Morgan fingerprint density at radius 2 is 1.19 bits per heavy atom. The molecule has 5 rings (SSSR count). The Balaban J connectivity index is 0.000000194. The fraction of sp³-hybridized carbons (Fsp3) is 0.152. The highest BCUT2D eigenvalue weighted by Crippen LogP contribution is 2.40. The van der Waals surface area contributed by atoms with Crippen molar-refractivity contribution >= 4 is 80.3 Å². The highest BCUT2D eigenvalue weighted by atomic mass is 35.5. The molecule has 4 N–H and O–H groups in total. The highest BCUT2D eigenvalue weighted by Gasteiger charge is 2.13. The number of fused-ring (bicyclic) bond motifs is 1. The van der Waals surface area contributed by atoms with Crippen LogP contribution < -0.4 is 10.6 Å². The predicted molar refractivity (Wildman–Crippen MR) is 183 cm³/mol. The van der Waals surface area contributed by atoms with E-state index in [1.165, 1.54) is 15.7 Å². The fourth-order valence-corrected chi connectivity index (χ4v) is 5.57. The second kappa shape index (κ2) is 14.5. The van der Waals surface area contributed by atoms with Gasteiger partial charge in [0.05, 0.1) is 21.4 Å². The van der Waals surface area contributed by atoms with Gasteiger partial charge in [-0.3, -0.25) is 0 Å². The molecule has 0 fully saturated rings. The van der Waals surface area contributed by atoms with Crippen LogP contribution in [-0.2, 0) is 13.1 Å². The van der Waals surface area contributed by atoms with Crippen LogP contribution >= 0.6 is 58.2 Å². The minimum atomic E-state index is 0.0313. The molecule has 5 aromatic carbocycles. The average Bonchev–Trinajstić information content (AvgIpc) is 3.01. The fourth-order valence-electron chi connectivity index (χ4n) is 4.26. The molecule has 0 unspecified atom stereocenters. The van der Waals surface area contributed by atoms with Crippen LogP contribution in [-0.4, -0.2) is 16.5 Å². The van der Waals surface area contributed by atoms with Gasteiger partial charge in [-0.25, -0.2) is 0 Å². The van der Waals surface area contributed by atoms with Crippen LogP contribution in [0.1, 0.15) is 22.3 Å². The van der Waals surface area contributed by atoms with Gasteiger partial charge >= 0.3 is 0 Å². The first kappa shape index (κ1) is 32.0. The van der Waals surface area contributed by atoms with Gasteiger partial charge in [-0.05, 0) is 77.4 Å². The van der Waals surface area contributed by atoms with Crippen LogP contribution in [0, 0.1) is 13.8 Å². The molecule has 0 bridgehead atoms. The van der Waals surface area contributed by atoms with Crippen LogP contribution in [0.5, 0.6) is 11.5 Å². The molecule has 4 nitrogen and oxygen atoms in total. The molecule has 0 aliphatic rings. The Morgan fingerprint density at radius 1 is 0.667 bits per heavy atom. The van der Waals surface area contributed by atoms with Gasteiger partial charge in [0.2, 0.25) is 0 Å². The van der Waals surface area contributed by atoms with E-state index in [2.05, 4.69) is 47.0 Å². The molecular formula is C33H30Cl4N2O2S. The largest absolute Gasteiger partial charge is 0.504 e. The Bertz CT molecular complexity index is 1710. The molecule has 5 aromatic rings. The lowest BCUT2D eigenvalue weighted by atomic mass is 10.0. The first-order valence-corrected chi connectivity index (χ1v) is 15.8. The van der Waals surface area contributed by atoms with Crippen molar-refractivity contribution in [2.75, 3.05) is 16.9 Å². The molecule has 0 aliphatic heterocycles. The van der Waals surface area contributed by atoms with Gasteiger partial charge in [-0.15, -0.1) is 11.8 Å². The van der Waals surface area contributed by atoms with Crippen molar-refractivity contribution in [3.8, 4) is 11.5 Å². The lowest BCUT2D eigenvalue weighted by Crippen LogP contribution is -2.01. The molecule has 0 heterocycles. The second-order valence-corrected chi connectivity index (χ2v) is 12.0. The van der Waals surface area contributed by atoms with Crippen LogP contribution in [0.2, 0.25) is 20.1 Å². The standard InChI is InChI=1S/C18H15Cl2NO.C15H15Cl2NOS/c1-11-15(19)9-16(18(22)17(11)20)21-10-13-7-4-6-12-5-2-3-8-14(12)13;1-9-12(16)7-13(15(19)14(9)17)18-8-10-3-5-11(20-2)6-4-10/h2-9,21-22H,10H2,1H3;3-7,18-19H,8H2,1-2H3. The van der Waals surface area contributed by atoms with Gasteiger partial charge in [0.15, 0.2) is 11.5 Å². The summed E-state index contributed by atoms with van der Waals surface area (Å²) >= 11 is 26.0. The summed E-state index contributed by atoms with van der Waals surface area (Å²) in [6.45, 7) is 4.72. The number of rotatable bonds is 7. The molecule has 0 saturated carbocycles. The van der Waals surface area contributed by atoms with Gasteiger partial charge in [-0.2, -0.15) is 0 Å². The summed E-state index contributed by atoms with van der Waals surface area (Å²) in [5, 5.41) is 30.5. The maximum absolute atomic E-state index is 10.1. The molecule has 0 atom stereocenters. The molecule has 9 heteroatoms. The molecule has 0 spiro atoms. The molecule has 0 saturated heterocycles. The number of halogens is 4. The summed E-state index contributed by atoms with van der Waals surface area (Å²) < 4.78 is 0. The minimum Gasteiger partial charge on any atom is -0.504 e. The normalized spacial score (nSPS) is 10.7. The van der Waals surface area contributed by atoms with Crippen LogP contribution in [0.15, 0.2) is 83.8 Å². The molecular weight excluding hydrogens is 630 g/mol. The van der Waals surface area contributed by atoms with E-state index in [0.29, 0.717) is 45.6 Å². The first-order chi connectivity index (χ1) is 20.1. The van der Waals surface area contributed by atoms with E-state index in [9.17, 15) is 10.2 Å². The van der Waals surface area contributed by atoms with E-state index in [-0.39, 0.29) is 21.5 Å². The summed E-state index contributed by atoms with van der Waals surface area (Å²) in [7, 11) is 0. The number of phenols is 2. The highest BCUT2D eigenvalue weighted by molar-refractivity contribution is 7.98. The van der Waals surface area contributed by atoms with Crippen molar-refractivity contribution in [1.29, 1.82) is 0 Å². The van der Waals surface area contributed by atoms with Gasteiger partial charge in [0, 0.05) is 28.0 Å². The van der Waals surface area contributed by atoms with Crippen molar-refractivity contribution in [3.63, 3.8) is 0 Å². The smallest absolute Gasteiger partial charge is 0.157 e. The van der Waals surface area contributed by atoms with E-state index >= 15 is 0 Å². The summed E-state index contributed by atoms with van der Waals surface area (Å²) in [5.41, 5.74) is 4.70. The molecule has 42 heavy (non-hydrogen) atoms. The van der Waals surface area contributed by atoms with Gasteiger partial charge in [0.25, 0.3) is 0 Å². The summed E-state index contributed by atoms with van der Waals surface area (Å²) in [4.78, 5) is 1.22. The van der Waals surface area contributed by atoms with E-state index in [0.717, 1.165) is 11.1 Å². The number of aromatic hydroxyl groups is 2. The SMILES string of the molecule is CSc1ccc(CNc2cc(Cl)c(C)c(Cl)c2O)cc1.Cc1c(Cl)cc(NCc2cccc3ccccc23)c(O)c1Cl. The number of phenolic OH excluding ortho intramolecular Hbond substituents is 2. The Hall–Kier alpha value is -2.93. The average molecular weight is 660 g/mol. The van der Waals surface area contributed by atoms with E-state index in [4.69, 9.17) is 46.4 Å². The Labute approximate surface area is 270 Å². The maximum Gasteiger partial charge on any atom is 0.157 e. The monoisotopic (exact) mass is 658 g/mol. The third-order valence-electron chi connectivity index (χ3n) is 6.83. The van der Waals surface area contributed by atoms with Crippen molar-refractivity contribution in [1.82, 2.24) is 0 Å². The van der Waals surface area contributed by atoms with Crippen molar-refractivity contribution < 1.29 is 10.2 Å². The number of nitrogens with one attached hydrogen (secondary N) is 2. The quantitative estimate of drug-likeness (QED) is 0.103. The third kappa shape index (κ3) is 7.52. The van der Waals surface area contributed by atoms with Crippen LogP contribution in [0.25, 0.3) is 10.8 Å². The Kier molecular flexibility index (Phi) is 11.0. The van der Waals surface area contributed by atoms with Gasteiger partial charge in [0.1, 0.15) is 0 Å². The molecule has 0 aromatic heterocycles. The number of hydrogen-bond acceptors (Lipinski definition) is 5. The first-order valence-electron chi connectivity index (χ1n) is 13.0. The molecule has 0 radical (unpaired) electrons. The second-order valence-electron chi connectivity index (χ2n) is 9.58. The number of benzene rings is 5. The zero-order chi connectivity index (χ0) is 30.4. The lowest BCUT2D eigenvalue weighted by Gasteiger charge is -2.13. The zero-order valence-corrected chi connectivity index (χ0v) is 27.1. The lowest BCUT2D eigenvalue weighted by molar-refractivity contribution is 0.476. The molecule has 218 valence electrons. The number of anilines is 2. The maximum atomic E-state index is 10.1. The van der Waals surface area contributed by atoms with Crippen LogP contribution in [0.3, 0.4) is 0 Å². The van der Waals surface area contributed by atoms with Crippen molar-refractivity contribution in [2.24, 2.45) is 0 Å². The Morgan fingerprint density at radius 3 is 1.76 bits per heavy atom. The minimum absolute atomic E-state index is 0.0313. The van der Waals surface area contributed by atoms with Gasteiger partial charge in [-0.1, -0.05) is 101 Å². The third-order valence-corrected chi connectivity index (χ3v) is 9.29. The van der Waals surface area contributed by atoms with Crippen molar-refractivity contribution in [3.05, 3.63) is 121 Å².